The minimum absolute atomic E-state index is 0.293. The van der Waals surface area contributed by atoms with Crippen LogP contribution in [0, 0.1) is 30.1 Å². The second-order valence-electron chi connectivity index (χ2n) is 11.4. The van der Waals surface area contributed by atoms with Crippen molar-refractivity contribution in [3.8, 4) is 0 Å². The molecule has 35 heavy (non-hydrogen) atoms. The van der Waals surface area contributed by atoms with Crippen LogP contribution < -0.4 is 27.0 Å². The van der Waals surface area contributed by atoms with Gasteiger partial charge in [-0.05, 0) is 99.3 Å². The molecule has 1 aliphatic heterocycles. The Balaban J connectivity index is 1.24. The number of hydrogen-bond donors (Lipinski definition) is 5. The summed E-state index contributed by atoms with van der Waals surface area (Å²) in [6.07, 6.45) is 9.34. The lowest BCUT2D eigenvalue weighted by Crippen LogP contribution is -2.49. The van der Waals surface area contributed by atoms with E-state index in [2.05, 4.69) is 26.3 Å². The molecule has 9 heteroatoms. The maximum absolute atomic E-state index is 11.7. The van der Waals surface area contributed by atoms with Crippen molar-refractivity contribution < 1.29 is 4.79 Å². The number of primary amides is 1. The molecule has 1 aromatic heterocycles. The number of anilines is 4. The first-order valence-electron chi connectivity index (χ1n) is 13.1. The molecular formula is C26H36N8O. The Bertz CT molecular complexity index is 1080. The second kappa shape index (κ2) is 8.93. The van der Waals surface area contributed by atoms with Gasteiger partial charge in [-0.1, -0.05) is 6.07 Å². The third kappa shape index (κ3) is 4.78. The van der Waals surface area contributed by atoms with Gasteiger partial charge >= 0.3 is 0 Å². The van der Waals surface area contributed by atoms with Crippen molar-refractivity contribution in [3.63, 3.8) is 0 Å². The summed E-state index contributed by atoms with van der Waals surface area (Å²) < 4.78 is 0. The summed E-state index contributed by atoms with van der Waals surface area (Å²) in [7, 11) is 0. The average Bonchev–Trinajstić information content (AvgIpc) is 3.31. The van der Waals surface area contributed by atoms with Crippen LogP contribution in [0.2, 0.25) is 0 Å². The normalized spacial score (nSPS) is 30.9. The molecule has 5 aliphatic rings. The topological polar surface area (TPSA) is 130 Å². The number of benzene rings is 1. The third-order valence-corrected chi connectivity index (χ3v) is 8.58. The van der Waals surface area contributed by atoms with Gasteiger partial charge in [-0.2, -0.15) is 15.0 Å². The highest BCUT2D eigenvalue weighted by molar-refractivity contribution is 5.94. The number of aromatic nitrogens is 3. The monoisotopic (exact) mass is 476 g/mol. The van der Waals surface area contributed by atoms with Crippen LogP contribution in [0.15, 0.2) is 18.2 Å². The van der Waals surface area contributed by atoms with Crippen molar-refractivity contribution >= 4 is 29.4 Å². The van der Waals surface area contributed by atoms with Gasteiger partial charge in [-0.3, -0.25) is 4.79 Å². The fraction of sp³-hybridized carbons (Fsp3) is 0.615. The Morgan fingerprint density at radius 3 is 2.40 bits per heavy atom. The van der Waals surface area contributed by atoms with Gasteiger partial charge in [0.2, 0.25) is 23.8 Å². The molecule has 1 atom stereocenters. The number of carbonyl (C=O) groups is 1. The number of aryl methyl sites for hydroxylation is 1. The van der Waals surface area contributed by atoms with Crippen molar-refractivity contribution in [1.82, 2.24) is 20.3 Å². The van der Waals surface area contributed by atoms with Gasteiger partial charge in [0.05, 0.1) is 0 Å². The second-order valence-corrected chi connectivity index (χ2v) is 11.4. The van der Waals surface area contributed by atoms with Gasteiger partial charge < -0.3 is 27.0 Å². The number of nitrogens with two attached hydrogens (primary N) is 1. The van der Waals surface area contributed by atoms with E-state index < -0.39 is 5.91 Å². The molecule has 1 saturated heterocycles. The lowest BCUT2D eigenvalue weighted by Gasteiger charge is -2.56. The molecule has 6 N–H and O–H groups in total. The van der Waals surface area contributed by atoms with E-state index in [0.29, 0.717) is 34.9 Å². The summed E-state index contributed by atoms with van der Waals surface area (Å²) >= 11 is 0. The van der Waals surface area contributed by atoms with Crippen molar-refractivity contribution in [2.24, 2.45) is 28.9 Å². The van der Waals surface area contributed by atoms with Crippen LogP contribution in [0.25, 0.3) is 0 Å². The highest BCUT2D eigenvalue weighted by Crippen LogP contribution is 2.59. The molecule has 1 amide bonds. The lowest BCUT2D eigenvalue weighted by molar-refractivity contribution is -0.0445. The van der Waals surface area contributed by atoms with Crippen LogP contribution in [0.4, 0.5) is 23.5 Å². The molecule has 7 rings (SSSR count). The van der Waals surface area contributed by atoms with E-state index in [-0.39, 0.29) is 0 Å². The quantitative estimate of drug-likeness (QED) is 0.392. The minimum Gasteiger partial charge on any atom is -0.366 e. The minimum atomic E-state index is -0.460. The third-order valence-electron chi connectivity index (χ3n) is 8.58. The average molecular weight is 477 g/mol. The van der Waals surface area contributed by atoms with E-state index in [1.165, 1.54) is 38.5 Å². The summed E-state index contributed by atoms with van der Waals surface area (Å²) in [5.74, 6) is 3.87. The number of carbonyl (C=O) groups excluding carboxylic acids is 1. The summed E-state index contributed by atoms with van der Waals surface area (Å²) in [5, 5.41) is 13.8. The van der Waals surface area contributed by atoms with Crippen LogP contribution >= 0.6 is 0 Å². The highest BCUT2D eigenvalue weighted by Gasteiger charge is 2.50. The molecule has 2 heterocycles. The van der Waals surface area contributed by atoms with Crippen LogP contribution in [-0.2, 0) is 0 Å². The molecule has 4 saturated carbocycles. The molecule has 4 aliphatic carbocycles. The molecule has 0 radical (unpaired) electrons. The van der Waals surface area contributed by atoms with Gasteiger partial charge in [0, 0.05) is 30.4 Å². The summed E-state index contributed by atoms with van der Waals surface area (Å²) in [6, 6.07) is 5.65. The maximum atomic E-state index is 11.7. The molecular weight excluding hydrogens is 440 g/mol. The highest BCUT2D eigenvalue weighted by atomic mass is 16.1. The smallest absolute Gasteiger partial charge is 0.248 e. The zero-order valence-electron chi connectivity index (χ0n) is 20.4. The fourth-order valence-corrected chi connectivity index (χ4v) is 7.34. The van der Waals surface area contributed by atoms with Gasteiger partial charge in [0.15, 0.2) is 0 Å². The van der Waals surface area contributed by atoms with Crippen LogP contribution in [0.5, 0.6) is 0 Å². The zero-order chi connectivity index (χ0) is 24.0. The summed E-state index contributed by atoms with van der Waals surface area (Å²) in [6.45, 7) is 4.78. The summed E-state index contributed by atoms with van der Waals surface area (Å²) in [4.78, 5) is 25.8. The first-order valence-corrected chi connectivity index (χ1v) is 13.1. The van der Waals surface area contributed by atoms with Crippen molar-refractivity contribution in [3.05, 3.63) is 29.3 Å². The van der Waals surface area contributed by atoms with Crippen LogP contribution in [-0.4, -0.2) is 46.5 Å². The van der Waals surface area contributed by atoms with E-state index in [1.54, 1.807) is 12.1 Å². The molecule has 4 bridgehead atoms. The number of rotatable bonds is 8. The van der Waals surface area contributed by atoms with E-state index in [9.17, 15) is 4.79 Å². The predicted molar refractivity (Wildman–Crippen MR) is 137 cm³/mol. The van der Waals surface area contributed by atoms with Crippen LogP contribution in [0.3, 0.4) is 0 Å². The SMILES string of the molecule is Cc1ccc(C(N)=O)cc1Nc1nc(NCC23CC4CC(CC(C4)C2)C3)nc(N[C@@H]2CCNC2)n1. The Labute approximate surface area is 206 Å². The first kappa shape index (κ1) is 22.5. The Morgan fingerprint density at radius 1 is 1.06 bits per heavy atom. The van der Waals surface area contributed by atoms with E-state index in [1.807, 2.05) is 13.0 Å². The number of nitrogens with one attached hydrogen (secondary N) is 4. The van der Waals surface area contributed by atoms with Crippen LogP contribution in [0.1, 0.15) is 60.9 Å². The lowest BCUT2D eigenvalue weighted by atomic mass is 9.49. The maximum Gasteiger partial charge on any atom is 0.248 e. The standard InChI is InChI=1S/C26H36N8O/c1-15-2-3-19(22(27)35)9-21(15)31-25-33-23(32-24(34-25)30-20-4-5-28-13-20)29-14-26-10-16-6-17(11-26)8-18(7-16)12-26/h2-3,9,16-18,20,28H,4-8,10-14H2,1H3,(H2,27,35)(H3,29,30,31,32,33,34)/t16?,17?,18?,20-,26?/m1/s1. The van der Waals surface area contributed by atoms with Gasteiger partial charge in [-0.25, -0.2) is 0 Å². The molecule has 9 nitrogen and oxygen atoms in total. The molecule has 0 unspecified atom stereocenters. The van der Waals surface area contributed by atoms with Crippen molar-refractivity contribution in [2.75, 3.05) is 35.6 Å². The zero-order valence-corrected chi connectivity index (χ0v) is 20.4. The van der Waals surface area contributed by atoms with Gasteiger partial charge in [0.25, 0.3) is 0 Å². The molecule has 2 aromatic rings. The van der Waals surface area contributed by atoms with Crippen molar-refractivity contribution in [1.29, 1.82) is 0 Å². The largest absolute Gasteiger partial charge is 0.366 e. The number of hydrogen-bond acceptors (Lipinski definition) is 8. The Kier molecular flexibility index (Phi) is 5.75. The van der Waals surface area contributed by atoms with Gasteiger partial charge in [0.1, 0.15) is 0 Å². The molecule has 5 fully saturated rings. The predicted octanol–water partition coefficient (Wildman–Crippen LogP) is 3.42. The first-order chi connectivity index (χ1) is 16.9. The van der Waals surface area contributed by atoms with E-state index >= 15 is 0 Å². The molecule has 1 aromatic carbocycles. The summed E-state index contributed by atoms with van der Waals surface area (Å²) in [5.41, 5.74) is 8.06. The fourth-order valence-electron chi connectivity index (χ4n) is 7.34. The Hall–Kier alpha value is -2.94. The number of amides is 1. The van der Waals surface area contributed by atoms with E-state index in [0.717, 1.165) is 55.1 Å². The Morgan fingerprint density at radius 2 is 1.74 bits per heavy atom. The number of nitrogens with zero attached hydrogens (tertiary/aromatic N) is 3. The van der Waals surface area contributed by atoms with Gasteiger partial charge in [-0.15, -0.1) is 0 Å². The molecule has 186 valence electrons. The van der Waals surface area contributed by atoms with E-state index in [4.69, 9.17) is 15.7 Å². The van der Waals surface area contributed by atoms with Crippen molar-refractivity contribution in [2.45, 2.75) is 57.9 Å². The molecule has 0 spiro atoms.